The molecular formula is C24H41N5O3. The highest BCUT2D eigenvalue weighted by atomic mass is 16.5. The lowest BCUT2D eigenvalue weighted by atomic mass is 10.1. The number of morpholine rings is 1. The Hall–Kier alpha value is -1.87. The minimum absolute atomic E-state index is 0.605. The molecule has 0 saturated carbocycles. The largest absolute Gasteiger partial charge is 0.492 e. The van der Waals surface area contributed by atoms with E-state index in [1.54, 1.807) is 0 Å². The molecule has 8 nitrogen and oxygen atoms in total. The molecule has 2 aliphatic heterocycles. The van der Waals surface area contributed by atoms with E-state index >= 15 is 0 Å². The van der Waals surface area contributed by atoms with Crippen molar-refractivity contribution in [1.29, 1.82) is 0 Å². The fraction of sp³-hybridized carbons (Fsp3) is 0.708. The first-order valence-corrected chi connectivity index (χ1v) is 12.1. The molecule has 2 saturated heterocycles. The Labute approximate surface area is 193 Å². The molecule has 0 aromatic heterocycles. The van der Waals surface area contributed by atoms with Crippen LogP contribution < -0.4 is 15.4 Å². The molecule has 0 amide bonds. The van der Waals surface area contributed by atoms with Gasteiger partial charge < -0.3 is 24.8 Å². The van der Waals surface area contributed by atoms with Gasteiger partial charge in [-0.15, -0.1) is 0 Å². The SMILES string of the molecule is CCNC(=NCc1cccc(OCCN(C)C2CCOCC2)c1)NCCN1CCOCC1. The van der Waals surface area contributed by atoms with Crippen molar-refractivity contribution in [2.75, 3.05) is 79.4 Å². The van der Waals surface area contributed by atoms with E-state index in [9.17, 15) is 0 Å². The van der Waals surface area contributed by atoms with Crippen molar-refractivity contribution in [2.45, 2.75) is 32.4 Å². The topological polar surface area (TPSA) is 70.6 Å². The highest BCUT2D eigenvalue weighted by Crippen LogP contribution is 2.15. The molecule has 0 radical (unpaired) electrons. The van der Waals surface area contributed by atoms with Crippen LogP contribution in [0.15, 0.2) is 29.3 Å². The van der Waals surface area contributed by atoms with Gasteiger partial charge in [0.25, 0.3) is 0 Å². The molecule has 2 fully saturated rings. The van der Waals surface area contributed by atoms with E-state index in [0.29, 0.717) is 19.2 Å². The van der Waals surface area contributed by atoms with E-state index in [4.69, 9.17) is 19.2 Å². The predicted molar refractivity (Wildman–Crippen MR) is 128 cm³/mol. The number of ether oxygens (including phenoxy) is 3. The molecule has 2 N–H and O–H groups in total. The first kappa shape index (κ1) is 24.8. The van der Waals surface area contributed by atoms with Crippen molar-refractivity contribution >= 4 is 5.96 Å². The summed E-state index contributed by atoms with van der Waals surface area (Å²) < 4.78 is 16.9. The Morgan fingerprint density at radius 1 is 1.16 bits per heavy atom. The monoisotopic (exact) mass is 447 g/mol. The van der Waals surface area contributed by atoms with Crippen LogP contribution in [0.2, 0.25) is 0 Å². The minimum Gasteiger partial charge on any atom is -0.492 e. The zero-order valence-electron chi connectivity index (χ0n) is 19.9. The highest BCUT2D eigenvalue weighted by molar-refractivity contribution is 5.79. The van der Waals surface area contributed by atoms with Gasteiger partial charge in [0.15, 0.2) is 5.96 Å². The molecule has 0 unspecified atom stereocenters. The van der Waals surface area contributed by atoms with E-state index in [1.807, 2.05) is 12.1 Å². The summed E-state index contributed by atoms with van der Waals surface area (Å²) >= 11 is 0. The Kier molecular flexibility index (Phi) is 11.1. The molecule has 180 valence electrons. The number of nitrogens with one attached hydrogen (secondary N) is 2. The summed E-state index contributed by atoms with van der Waals surface area (Å²) in [6.07, 6.45) is 2.22. The summed E-state index contributed by atoms with van der Waals surface area (Å²) in [5.41, 5.74) is 1.14. The van der Waals surface area contributed by atoms with Gasteiger partial charge in [-0.2, -0.15) is 0 Å². The number of likely N-dealkylation sites (N-methyl/N-ethyl adjacent to an activating group) is 1. The van der Waals surface area contributed by atoms with Gasteiger partial charge in [-0.3, -0.25) is 9.80 Å². The standard InChI is InChI=1S/C24H41N5O3/c1-3-25-24(26-9-10-29-12-16-31-17-13-29)27-20-21-5-4-6-23(19-21)32-18-11-28(2)22-7-14-30-15-8-22/h4-6,19,22H,3,7-18,20H2,1-2H3,(H2,25,26,27). The Bertz CT molecular complexity index is 675. The highest BCUT2D eigenvalue weighted by Gasteiger charge is 2.18. The van der Waals surface area contributed by atoms with E-state index in [2.05, 4.69) is 46.5 Å². The third kappa shape index (κ3) is 8.94. The summed E-state index contributed by atoms with van der Waals surface area (Å²) in [7, 11) is 2.18. The summed E-state index contributed by atoms with van der Waals surface area (Å²) in [5.74, 6) is 1.76. The molecule has 0 aliphatic carbocycles. The van der Waals surface area contributed by atoms with Gasteiger partial charge in [0.1, 0.15) is 12.4 Å². The lowest BCUT2D eigenvalue weighted by Crippen LogP contribution is -2.44. The van der Waals surface area contributed by atoms with Crippen LogP contribution in [0.3, 0.4) is 0 Å². The predicted octanol–water partition coefficient (Wildman–Crippen LogP) is 1.56. The average Bonchev–Trinajstić information content (AvgIpc) is 2.84. The molecule has 0 spiro atoms. The number of aliphatic imine (C=N–C) groups is 1. The molecule has 3 rings (SSSR count). The van der Waals surface area contributed by atoms with Gasteiger partial charge in [0.05, 0.1) is 19.8 Å². The molecule has 1 aromatic rings. The Morgan fingerprint density at radius 3 is 2.72 bits per heavy atom. The van der Waals surface area contributed by atoms with E-state index in [-0.39, 0.29) is 0 Å². The van der Waals surface area contributed by atoms with Crippen molar-refractivity contribution in [1.82, 2.24) is 20.4 Å². The fourth-order valence-electron chi connectivity index (χ4n) is 4.02. The van der Waals surface area contributed by atoms with Gasteiger partial charge >= 0.3 is 0 Å². The lowest BCUT2D eigenvalue weighted by Gasteiger charge is -2.31. The van der Waals surface area contributed by atoms with Crippen LogP contribution in [0.25, 0.3) is 0 Å². The second-order valence-electron chi connectivity index (χ2n) is 8.40. The first-order chi connectivity index (χ1) is 15.7. The van der Waals surface area contributed by atoms with Gasteiger partial charge in [-0.25, -0.2) is 4.99 Å². The van der Waals surface area contributed by atoms with Crippen molar-refractivity contribution in [2.24, 2.45) is 4.99 Å². The zero-order chi connectivity index (χ0) is 22.4. The normalized spacial score (nSPS) is 18.7. The first-order valence-electron chi connectivity index (χ1n) is 12.1. The number of rotatable bonds is 11. The summed E-state index contributed by atoms with van der Waals surface area (Å²) in [6.45, 7) is 12.4. The Balaban J connectivity index is 1.41. The molecule has 2 aliphatic rings. The van der Waals surface area contributed by atoms with Crippen LogP contribution in [0.4, 0.5) is 0 Å². The van der Waals surface area contributed by atoms with Crippen LogP contribution in [0, 0.1) is 0 Å². The van der Waals surface area contributed by atoms with Gasteiger partial charge in [0, 0.05) is 58.5 Å². The lowest BCUT2D eigenvalue weighted by molar-refractivity contribution is 0.0389. The number of hydrogen-bond acceptors (Lipinski definition) is 6. The smallest absolute Gasteiger partial charge is 0.191 e. The zero-order valence-corrected chi connectivity index (χ0v) is 19.9. The third-order valence-corrected chi connectivity index (χ3v) is 6.01. The van der Waals surface area contributed by atoms with Gasteiger partial charge in [-0.05, 0) is 44.5 Å². The van der Waals surface area contributed by atoms with Crippen molar-refractivity contribution in [3.63, 3.8) is 0 Å². The maximum Gasteiger partial charge on any atom is 0.191 e. The van der Waals surface area contributed by atoms with Crippen LogP contribution in [0.5, 0.6) is 5.75 Å². The Morgan fingerprint density at radius 2 is 1.94 bits per heavy atom. The summed E-state index contributed by atoms with van der Waals surface area (Å²) in [5, 5.41) is 6.77. The van der Waals surface area contributed by atoms with Crippen LogP contribution in [0.1, 0.15) is 25.3 Å². The molecule has 32 heavy (non-hydrogen) atoms. The number of benzene rings is 1. The maximum atomic E-state index is 6.03. The maximum absolute atomic E-state index is 6.03. The van der Waals surface area contributed by atoms with Crippen LogP contribution in [-0.2, 0) is 16.0 Å². The van der Waals surface area contributed by atoms with Crippen molar-refractivity contribution in [3.05, 3.63) is 29.8 Å². The summed E-state index contributed by atoms with van der Waals surface area (Å²) in [4.78, 5) is 9.56. The molecule has 2 heterocycles. The van der Waals surface area contributed by atoms with E-state index < -0.39 is 0 Å². The van der Waals surface area contributed by atoms with Crippen LogP contribution >= 0.6 is 0 Å². The molecule has 8 heteroatoms. The second-order valence-corrected chi connectivity index (χ2v) is 8.40. The average molecular weight is 448 g/mol. The van der Waals surface area contributed by atoms with Gasteiger partial charge in [0.2, 0.25) is 0 Å². The van der Waals surface area contributed by atoms with E-state index in [1.165, 1.54) is 0 Å². The molecule has 1 aromatic carbocycles. The van der Waals surface area contributed by atoms with Gasteiger partial charge in [-0.1, -0.05) is 12.1 Å². The third-order valence-electron chi connectivity index (χ3n) is 6.01. The molecule has 0 bridgehead atoms. The summed E-state index contributed by atoms with van der Waals surface area (Å²) in [6, 6.07) is 8.86. The molecule has 0 atom stereocenters. The number of nitrogens with zero attached hydrogens (tertiary/aromatic N) is 3. The van der Waals surface area contributed by atoms with Crippen molar-refractivity contribution in [3.8, 4) is 5.75 Å². The number of hydrogen-bond donors (Lipinski definition) is 2. The second kappa shape index (κ2) is 14.3. The fourth-order valence-corrected chi connectivity index (χ4v) is 4.02. The van der Waals surface area contributed by atoms with Crippen LogP contribution in [-0.4, -0.2) is 101 Å². The number of guanidine groups is 1. The quantitative estimate of drug-likeness (QED) is 0.394. The minimum atomic E-state index is 0.605. The van der Waals surface area contributed by atoms with Crippen molar-refractivity contribution < 1.29 is 14.2 Å². The van der Waals surface area contributed by atoms with E-state index in [0.717, 1.165) is 95.8 Å². The molecular weight excluding hydrogens is 406 g/mol.